The molecule has 0 radical (unpaired) electrons. The number of hydrogen-bond donors (Lipinski definition) is 2. The molecule has 1 amide bonds. The summed E-state index contributed by atoms with van der Waals surface area (Å²) in [5, 5.41) is 8.17. The van der Waals surface area contributed by atoms with Crippen LogP contribution in [0.4, 0.5) is 28.7 Å². The molecule has 12 nitrogen and oxygen atoms in total. The Kier molecular flexibility index (Phi) is 9.70. The topological polar surface area (TPSA) is 111 Å². The number of methoxy groups -OCH3 is 1. The van der Waals surface area contributed by atoms with Gasteiger partial charge in [-0.1, -0.05) is 12.6 Å². The maximum Gasteiger partial charge on any atom is 0.247 e. The van der Waals surface area contributed by atoms with Gasteiger partial charge >= 0.3 is 0 Å². The minimum absolute atomic E-state index is 0.00580. The predicted molar refractivity (Wildman–Crippen MR) is 169 cm³/mol. The quantitative estimate of drug-likeness (QED) is 0.321. The lowest BCUT2D eigenvalue weighted by molar-refractivity contribution is -0.111. The fourth-order valence-corrected chi connectivity index (χ4v) is 5.28. The number of aromatic nitrogens is 3. The molecule has 4 heterocycles. The monoisotopic (exact) mass is 587 g/mol. The highest BCUT2D eigenvalue weighted by atomic mass is 16.7. The Bertz CT molecular complexity index is 1410. The van der Waals surface area contributed by atoms with Crippen LogP contribution in [0.2, 0.25) is 0 Å². The minimum Gasteiger partial charge on any atom is -0.494 e. The summed E-state index contributed by atoms with van der Waals surface area (Å²) >= 11 is 0. The molecule has 0 saturated carbocycles. The first kappa shape index (κ1) is 30.2. The highest BCUT2D eigenvalue weighted by molar-refractivity contribution is 6.02. The molecule has 1 aromatic carbocycles. The molecule has 2 aromatic heterocycles. The van der Waals surface area contributed by atoms with Crippen LogP contribution in [0, 0.1) is 6.92 Å². The summed E-state index contributed by atoms with van der Waals surface area (Å²) in [4.78, 5) is 38.8. The van der Waals surface area contributed by atoms with Crippen LogP contribution in [0.25, 0.3) is 0 Å². The van der Waals surface area contributed by atoms with Gasteiger partial charge in [-0.25, -0.2) is 15.0 Å². The molecule has 5 rings (SSSR count). The van der Waals surface area contributed by atoms with Gasteiger partial charge in [0.2, 0.25) is 5.91 Å². The summed E-state index contributed by atoms with van der Waals surface area (Å²) in [5.41, 5.74) is 4.25. The lowest BCUT2D eigenvalue weighted by atomic mass is 10.1. The van der Waals surface area contributed by atoms with Gasteiger partial charge in [-0.2, -0.15) is 0 Å². The molecule has 2 saturated heterocycles. The molecule has 2 aliphatic rings. The van der Waals surface area contributed by atoms with Gasteiger partial charge in [0.1, 0.15) is 17.9 Å². The third-order valence-corrected chi connectivity index (χ3v) is 7.70. The number of carbonyl (C=O) groups excluding carboxylic acids is 1. The summed E-state index contributed by atoms with van der Waals surface area (Å²) in [6.45, 7) is 11.8. The molecule has 3 aromatic rings. The number of nitrogens with one attached hydrogen (secondary N) is 2. The highest BCUT2D eigenvalue weighted by Crippen LogP contribution is 2.40. The number of likely N-dealkylation sites (N-methyl/N-ethyl adjacent to an activating group) is 1. The van der Waals surface area contributed by atoms with E-state index in [1.807, 2.05) is 42.4 Å². The van der Waals surface area contributed by atoms with Crippen LogP contribution >= 0.6 is 0 Å². The standard InChI is InChI=1S/C31H41N9O3/c1-6-31(41)36-24-17-25(28(42-5)18-27(24)39-14-12-38(13-15-39)11-10-37(3)4)35-29-19-30(34-21-33-29)40-26(9-16-43-40)23-8-7-22(2)32-20-23/h6-8,17-21,26H,1,9-16H2,2-5H3,(H,36,41)(H,33,34,35)/t26-/m1/s1. The molecule has 2 N–H and O–H groups in total. The molecular formula is C31H41N9O3. The molecule has 1 atom stereocenters. The number of ether oxygens (including phenoxy) is 1. The van der Waals surface area contributed by atoms with Gasteiger partial charge in [-0.3, -0.25) is 19.5 Å². The molecule has 0 aliphatic carbocycles. The number of hydrogen-bond acceptors (Lipinski definition) is 11. The summed E-state index contributed by atoms with van der Waals surface area (Å²) in [6.07, 6.45) is 5.48. The lowest BCUT2D eigenvalue weighted by Crippen LogP contribution is -2.48. The van der Waals surface area contributed by atoms with Gasteiger partial charge in [0.15, 0.2) is 5.82 Å². The first-order chi connectivity index (χ1) is 20.8. The van der Waals surface area contributed by atoms with E-state index in [-0.39, 0.29) is 11.9 Å². The number of piperazine rings is 1. The number of hydroxylamine groups is 1. The zero-order valence-corrected chi connectivity index (χ0v) is 25.4. The minimum atomic E-state index is -0.283. The number of aryl methyl sites for hydroxylation is 1. The van der Waals surface area contributed by atoms with Crippen molar-refractivity contribution in [1.29, 1.82) is 0 Å². The van der Waals surface area contributed by atoms with Crippen LogP contribution in [0.3, 0.4) is 0 Å². The Hall–Kier alpha value is -4.26. The van der Waals surface area contributed by atoms with E-state index in [1.165, 1.54) is 12.4 Å². The fraction of sp³-hybridized carbons (Fsp3) is 0.419. The average Bonchev–Trinajstić information content (AvgIpc) is 3.51. The Labute approximate surface area is 253 Å². The molecule has 0 unspecified atom stereocenters. The van der Waals surface area contributed by atoms with Crippen molar-refractivity contribution in [3.8, 4) is 5.75 Å². The van der Waals surface area contributed by atoms with Crippen molar-refractivity contribution >= 4 is 34.6 Å². The maximum atomic E-state index is 12.4. The SMILES string of the molecule is C=CC(=O)Nc1cc(Nc2cc(N3OCC[C@@H]3c3ccc(C)nc3)ncn2)c(OC)cc1N1CCN(CCN(C)C)CC1. The summed E-state index contributed by atoms with van der Waals surface area (Å²) in [6, 6.07) is 9.74. The van der Waals surface area contributed by atoms with Crippen molar-refractivity contribution in [2.45, 2.75) is 19.4 Å². The van der Waals surface area contributed by atoms with Crippen molar-refractivity contribution in [3.63, 3.8) is 0 Å². The number of anilines is 5. The first-order valence-corrected chi connectivity index (χ1v) is 14.6. The van der Waals surface area contributed by atoms with Gasteiger partial charge in [0.05, 0.1) is 36.8 Å². The Morgan fingerprint density at radius 3 is 2.65 bits per heavy atom. The molecule has 2 fully saturated rings. The van der Waals surface area contributed by atoms with Gasteiger partial charge in [0.25, 0.3) is 0 Å². The number of nitrogens with zero attached hydrogens (tertiary/aromatic N) is 7. The van der Waals surface area contributed by atoms with E-state index in [4.69, 9.17) is 9.57 Å². The van der Waals surface area contributed by atoms with Crippen LogP contribution in [0.5, 0.6) is 5.75 Å². The summed E-state index contributed by atoms with van der Waals surface area (Å²) in [7, 11) is 5.82. The maximum absolute atomic E-state index is 12.4. The predicted octanol–water partition coefficient (Wildman–Crippen LogP) is 3.62. The van der Waals surface area contributed by atoms with Crippen LogP contribution < -0.4 is 25.3 Å². The molecule has 43 heavy (non-hydrogen) atoms. The number of rotatable bonds is 11. The number of benzene rings is 1. The Morgan fingerprint density at radius 1 is 1.14 bits per heavy atom. The third-order valence-electron chi connectivity index (χ3n) is 7.70. The van der Waals surface area contributed by atoms with E-state index < -0.39 is 0 Å². The van der Waals surface area contributed by atoms with E-state index in [0.717, 1.165) is 62.6 Å². The van der Waals surface area contributed by atoms with E-state index in [2.05, 4.69) is 67.0 Å². The average molecular weight is 588 g/mol. The van der Waals surface area contributed by atoms with E-state index >= 15 is 0 Å². The van der Waals surface area contributed by atoms with Crippen LogP contribution in [0.1, 0.15) is 23.7 Å². The second kappa shape index (κ2) is 13.8. The fourth-order valence-electron chi connectivity index (χ4n) is 5.28. The zero-order chi connectivity index (χ0) is 30.3. The zero-order valence-electron chi connectivity index (χ0n) is 25.4. The number of carbonyl (C=O) groups is 1. The molecule has 228 valence electrons. The number of pyridine rings is 1. The third kappa shape index (κ3) is 7.39. The highest BCUT2D eigenvalue weighted by Gasteiger charge is 2.30. The van der Waals surface area contributed by atoms with Crippen LogP contribution in [0.15, 0.2) is 55.5 Å². The second-order valence-electron chi connectivity index (χ2n) is 11.0. The van der Waals surface area contributed by atoms with Gasteiger partial charge in [-0.15, -0.1) is 0 Å². The molecular weight excluding hydrogens is 546 g/mol. The van der Waals surface area contributed by atoms with Crippen LogP contribution in [-0.4, -0.2) is 97.7 Å². The molecule has 2 aliphatic heterocycles. The summed E-state index contributed by atoms with van der Waals surface area (Å²) in [5.74, 6) is 1.53. The molecule has 0 bridgehead atoms. The van der Waals surface area contributed by atoms with Crippen molar-refractivity contribution < 1.29 is 14.4 Å². The summed E-state index contributed by atoms with van der Waals surface area (Å²) < 4.78 is 5.81. The Balaban J connectivity index is 1.38. The van der Waals surface area contributed by atoms with Gasteiger partial charge in [0, 0.05) is 69.7 Å². The number of amides is 1. The largest absolute Gasteiger partial charge is 0.494 e. The second-order valence-corrected chi connectivity index (χ2v) is 11.0. The normalized spacial score (nSPS) is 17.3. The van der Waals surface area contributed by atoms with Crippen molar-refractivity contribution in [2.24, 2.45) is 0 Å². The van der Waals surface area contributed by atoms with Crippen LogP contribution in [-0.2, 0) is 9.63 Å². The van der Waals surface area contributed by atoms with Crippen molar-refractivity contribution in [2.75, 3.05) is 87.7 Å². The lowest BCUT2D eigenvalue weighted by Gasteiger charge is -2.37. The first-order valence-electron chi connectivity index (χ1n) is 14.6. The Morgan fingerprint density at radius 2 is 1.95 bits per heavy atom. The molecule has 12 heteroatoms. The van der Waals surface area contributed by atoms with E-state index in [1.54, 1.807) is 7.11 Å². The smallest absolute Gasteiger partial charge is 0.247 e. The van der Waals surface area contributed by atoms with E-state index in [9.17, 15) is 4.79 Å². The van der Waals surface area contributed by atoms with Gasteiger partial charge in [-0.05, 0) is 44.8 Å². The van der Waals surface area contributed by atoms with Crippen molar-refractivity contribution in [1.82, 2.24) is 24.8 Å². The van der Waals surface area contributed by atoms with E-state index in [0.29, 0.717) is 35.4 Å². The van der Waals surface area contributed by atoms with Gasteiger partial charge < -0.3 is 25.2 Å². The van der Waals surface area contributed by atoms with Crippen molar-refractivity contribution in [3.05, 3.63) is 66.8 Å². The molecule has 0 spiro atoms.